The second kappa shape index (κ2) is 11.0. The molecule has 194 valence electrons. The van der Waals surface area contributed by atoms with Crippen LogP contribution in [-0.2, 0) is 13.0 Å². The number of aliphatic hydroxyl groups is 2. The highest BCUT2D eigenvalue weighted by molar-refractivity contribution is 5.95. The fraction of sp³-hybridized carbons (Fsp3) is 0.615. The molecule has 7 nitrogen and oxygen atoms in total. The van der Waals surface area contributed by atoms with Crippen LogP contribution < -0.4 is 10.1 Å². The molecule has 0 bridgehead atoms. The number of aromatic nitrogens is 2. The molecular formula is C26H37F2N3O4. The molecule has 2 aromatic rings. The first-order valence-corrected chi connectivity index (χ1v) is 12.3. The molecule has 3 atom stereocenters. The summed E-state index contributed by atoms with van der Waals surface area (Å²) in [6.45, 7) is 6.99. The molecule has 9 heteroatoms. The van der Waals surface area contributed by atoms with Gasteiger partial charge in [0.1, 0.15) is 11.4 Å². The van der Waals surface area contributed by atoms with Crippen LogP contribution in [0.3, 0.4) is 0 Å². The van der Waals surface area contributed by atoms with Crippen LogP contribution >= 0.6 is 0 Å². The predicted molar refractivity (Wildman–Crippen MR) is 130 cm³/mol. The van der Waals surface area contributed by atoms with Crippen molar-refractivity contribution in [1.82, 2.24) is 15.1 Å². The van der Waals surface area contributed by atoms with E-state index in [9.17, 15) is 23.8 Å². The number of nitrogens with one attached hydrogen (secondary N) is 1. The first-order chi connectivity index (χ1) is 16.4. The van der Waals surface area contributed by atoms with E-state index in [1.807, 2.05) is 33.8 Å². The van der Waals surface area contributed by atoms with Crippen molar-refractivity contribution in [2.45, 2.75) is 85.2 Å². The SMILES string of the molecule is CCn1nc(C(=O)NC[C@]2(O)CC[C@@H](C)C[C@H]2O)c(C)c1-c1ccc(CC(C)C)cc1OC(F)F. The van der Waals surface area contributed by atoms with E-state index in [1.54, 1.807) is 23.7 Å². The molecule has 1 fully saturated rings. The summed E-state index contributed by atoms with van der Waals surface area (Å²) < 4.78 is 32.9. The number of carbonyl (C=O) groups excluding carboxylic acids is 1. The number of amides is 1. The van der Waals surface area contributed by atoms with Crippen molar-refractivity contribution in [3.8, 4) is 17.0 Å². The first kappa shape index (κ1) is 27.1. The lowest BCUT2D eigenvalue weighted by molar-refractivity contribution is -0.106. The lowest BCUT2D eigenvalue weighted by Crippen LogP contribution is -2.54. The summed E-state index contributed by atoms with van der Waals surface area (Å²) >= 11 is 0. The predicted octanol–water partition coefficient (Wildman–Crippen LogP) is 4.32. The molecule has 1 aromatic carbocycles. The number of hydrogen-bond acceptors (Lipinski definition) is 5. The maximum Gasteiger partial charge on any atom is 0.387 e. The van der Waals surface area contributed by atoms with Crippen LogP contribution in [0.5, 0.6) is 5.75 Å². The number of aryl methyl sites for hydroxylation is 1. The summed E-state index contributed by atoms with van der Waals surface area (Å²) in [5.74, 6) is 0.196. The molecule has 35 heavy (non-hydrogen) atoms. The fourth-order valence-corrected chi connectivity index (χ4v) is 4.80. The Morgan fingerprint density at radius 3 is 2.69 bits per heavy atom. The van der Waals surface area contributed by atoms with Gasteiger partial charge >= 0.3 is 6.61 Å². The standard InChI is InChI=1S/C26H37F2N3O4/c1-6-31-23(19-8-7-18(11-15(2)3)13-20(19)35-25(27)28)17(5)22(30-31)24(33)29-14-26(34)10-9-16(4)12-21(26)32/h7-8,13,15-16,21,25,32,34H,6,9-12,14H2,1-5H3,(H,29,33)/t16-,21-,26-/m1/s1. The van der Waals surface area contributed by atoms with Crippen molar-refractivity contribution in [2.75, 3.05) is 6.54 Å². The van der Waals surface area contributed by atoms with E-state index in [1.165, 1.54) is 0 Å². The maximum absolute atomic E-state index is 13.2. The lowest BCUT2D eigenvalue weighted by atomic mass is 9.77. The second-order valence-corrected chi connectivity index (χ2v) is 10.1. The molecule has 0 radical (unpaired) electrons. The number of nitrogens with zero attached hydrogens (tertiary/aromatic N) is 2. The molecule has 1 aliphatic carbocycles. The summed E-state index contributed by atoms with van der Waals surface area (Å²) in [6.07, 6.45) is 1.42. The molecule has 1 heterocycles. The number of rotatable bonds is 9. The van der Waals surface area contributed by atoms with E-state index in [0.29, 0.717) is 54.5 Å². The van der Waals surface area contributed by atoms with Gasteiger partial charge in [-0.25, -0.2) is 0 Å². The van der Waals surface area contributed by atoms with Gasteiger partial charge in [-0.05, 0) is 69.1 Å². The summed E-state index contributed by atoms with van der Waals surface area (Å²) in [5, 5.41) is 28.3. The third-order valence-corrected chi connectivity index (χ3v) is 6.74. The van der Waals surface area contributed by atoms with Crippen molar-refractivity contribution in [3.63, 3.8) is 0 Å². The minimum absolute atomic E-state index is 0.0385. The minimum atomic E-state index is -2.99. The Morgan fingerprint density at radius 2 is 2.09 bits per heavy atom. The Bertz CT molecular complexity index is 1040. The summed E-state index contributed by atoms with van der Waals surface area (Å²) in [7, 11) is 0. The van der Waals surface area contributed by atoms with Crippen LogP contribution in [0, 0.1) is 18.8 Å². The van der Waals surface area contributed by atoms with E-state index in [2.05, 4.69) is 10.4 Å². The molecule has 1 amide bonds. The molecular weight excluding hydrogens is 456 g/mol. The molecule has 1 aromatic heterocycles. The molecule has 3 rings (SSSR count). The highest BCUT2D eigenvalue weighted by atomic mass is 19.3. The van der Waals surface area contributed by atoms with Crippen molar-refractivity contribution >= 4 is 5.91 Å². The van der Waals surface area contributed by atoms with E-state index >= 15 is 0 Å². The molecule has 0 spiro atoms. The van der Waals surface area contributed by atoms with Crippen molar-refractivity contribution in [3.05, 3.63) is 35.0 Å². The Kier molecular flexibility index (Phi) is 8.54. The topological polar surface area (TPSA) is 96.6 Å². The van der Waals surface area contributed by atoms with Crippen LogP contribution in [0.4, 0.5) is 8.78 Å². The number of carbonyl (C=O) groups is 1. The second-order valence-electron chi connectivity index (χ2n) is 10.1. The molecule has 1 saturated carbocycles. The van der Waals surface area contributed by atoms with Gasteiger partial charge in [0.15, 0.2) is 5.69 Å². The van der Waals surface area contributed by atoms with Gasteiger partial charge in [0.25, 0.3) is 5.91 Å². The van der Waals surface area contributed by atoms with Crippen LogP contribution in [0.25, 0.3) is 11.3 Å². The maximum atomic E-state index is 13.2. The van der Waals surface area contributed by atoms with Gasteiger partial charge < -0.3 is 20.3 Å². The molecule has 0 saturated heterocycles. The largest absolute Gasteiger partial charge is 0.434 e. The van der Waals surface area contributed by atoms with E-state index < -0.39 is 24.2 Å². The third kappa shape index (κ3) is 6.19. The number of ether oxygens (including phenoxy) is 1. The Morgan fingerprint density at radius 1 is 1.37 bits per heavy atom. The van der Waals surface area contributed by atoms with Gasteiger partial charge in [-0.1, -0.05) is 26.8 Å². The van der Waals surface area contributed by atoms with Gasteiger partial charge in [0.2, 0.25) is 0 Å². The van der Waals surface area contributed by atoms with Crippen molar-refractivity contribution in [2.24, 2.45) is 11.8 Å². The third-order valence-electron chi connectivity index (χ3n) is 6.74. The number of aliphatic hydroxyl groups excluding tert-OH is 1. The van der Waals surface area contributed by atoms with E-state index in [0.717, 1.165) is 12.0 Å². The monoisotopic (exact) mass is 493 g/mol. The van der Waals surface area contributed by atoms with Crippen LogP contribution in [0.1, 0.15) is 68.6 Å². The summed E-state index contributed by atoms with van der Waals surface area (Å²) in [6, 6.07) is 5.23. The van der Waals surface area contributed by atoms with Gasteiger partial charge in [-0.3, -0.25) is 9.48 Å². The zero-order valence-electron chi connectivity index (χ0n) is 21.1. The molecule has 3 N–H and O–H groups in total. The van der Waals surface area contributed by atoms with E-state index in [4.69, 9.17) is 4.74 Å². The average Bonchev–Trinajstić information content (AvgIpc) is 3.11. The normalized spacial score (nSPS) is 22.6. The zero-order valence-corrected chi connectivity index (χ0v) is 21.1. The Hall–Kier alpha value is -2.52. The van der Waals surface area contributed by atoms with Crippen LogP contribution in [0.2, 0.25) is 0 Å². The van der Waals surface area contributed by atoms with Gasteiger partial charge in [0, 0.05) is 24.2 Å². The van der Waals surface area contributed by atoms with Gasteiger partial charge in [0.05, 0.1) is 11.8 Å². The molecule has 1 aliphatic rings. The first-order valence-electron chi connectivity index (χ1n) is 12.3. The lowest BCUT2D eigenvalue weighted by Gasteiger charge is -2.39. The number of hydrogen-bond donors (Lipinski definition) is 3. The van der Waals surface area contributed by atoms with Gasteiger partial charge in [-0.15, -0.1) is 0 Å². The smallest absolute Gasteiger partial charge is 0.387 e. The highest BCUT2D eigenvalue weighted by Crippen LogP contribution is 2.36. The fourth-order valence-electron chi connectivity index (χ4n) is 4.80. The molecule has 0 unspecified atom stereocenters. The quantitative estimate of drug-likeness (QED) is 0.484. The molecule has 0 aliphatic heterocycles. The number of benzene rings is 1. The Labute approximate surface area is 205 Å². The zero-order chi connectivity index (χ0) is 25.9. The van der Waals surface area contributed by atoms with Crippen LogP contribution in [0.15, 0.2) is 18.2 Å². The van der Waals surface area contributed by atoms with E-state index in [-0.39, 0.29) is 18.0 Å². The van der Waals surface area contributed by atoms with Crippen LogP contribution in [-0.4, -0.2) is 50.8 Å². The van der Waals surface area contributed by atoms with Crippen molar-refractivity contribution < 1.29 is 28.5 Å². The number of alkyl halides is 2. The van der Waals surface area contributed by atoms with Gasteiger partial charge in [-0.2, -0.15) is 13.9 Å². The average molecular weight is 494 g/mol. The van der Waals surface area contributed by atoms with Crippen molar-refractivity contribution in [1.29, 1.82) is 0 Å². The summed E-state index contributed by atoms with van der Waals surface area (Å²) in [4.78, 5) is 13.0. The summed E-state index contributed by atoms with van der Waals surface area (Å²) in [5.41, 5.74) is 1.10. The Balaban J connectivity index is 1.91. The minimum Gasteiger partial charge on any atom is -0.434 e. The highest BCUT2D eigenvalue weighted by Gasteiger charge is 2.40. The number of halogens is 2.